The SMILES string of the molecule is CC[C@H](C)[C@@H]1NC(=O)[C@H](CC(C)C)NC(=O)C(NC(C)=O)CSSC[C@@H](C(=O)N[C@@H](CCCN=C(N)N)C(=O)N[C@@H](Cc2ccc(O)cc2)C(N)=O)NC(=O)[C@H](Cc2cnc[nH]2)NC(=O)C([C@@H](C)O)NC1=O. The molecule has 17 N–H and O–H groups in total. The van der Waals surface area contributed by atoms with Gasteiger partial charge in [-0.2, -0.15) is 0 Å². The summed E-state index contributed by atoms with van der Waals surface area (Å²) in [5.41, 5.74) is 17.6. The van der Waals surface area contributed by atoms with Crippen LogP contribution in [0, 0.1) is 11.8 Å². The minimum atomic E-state index is -1.68. The lowest BCUT2D eigenvalue weighted by Crippen LogP contribution is -2.63. The van der Waals surface area contributed by atoms with Gasteiger partial charge in [0.15, 0.2) is 5.96 Å². The Kier molecular flexibility index (Phi) is 24.6. The third kappa shape index (κ3) is 20.2. The normalized spacial score (nSPS) is 22.5. The van der Waals surface area contributed by atoms with Crippen molar-refractivity contribution in [1.82, 2.24) is 52.5 Å². The Labute approximate surface area is 425 Å². The first-order valence-corrected chi connectivity index (χ1v) is 25.9. The number of guanidine groups is 1. The fourth-order valence-electron chi connectivity index (χ4n) is 7.19. The second kappa shape index (κ2) is 29.7. The predicted molar refractivity (Wildman–Crippen MR) is 270 cm³/mol. The number of nitrogens with two attached hydrogens (primary N) is 3. The van der Waals surface area contributed by atoms with Crippen molar-refractivity contribution in [3.63, 3.8) is 0 Å². The van der Waals surface area contributed by atoms with Crippen molar-refractivity contribution in [2.24, 2.45) is 34.0 Å². The second-order valence-electron chi connectivity index (χ2n) is 17.9. The lowest BCUT2D eigenvalue weighted by Gasteiger charge is -2.31. The number of aliphatic hydroxyl groups excluding tert-OH is 1. The molecule has 27 heteroatoms. The Morgan fingerprint density at radius 2 is 1.44 bits per heavy atom. The Hall–Kier alpha value is -6.61. The molecule has 0 bridgehead atoms. The molecule has 1 fully saturated rings. The van der Waals surface area contributed by atoms with Gasteiger partial charge in [-0.1, -0.05) is 67.8 Å². The third-order valence-corrected chi connectivity index (χ3v) is 13.7. The summed E-state index contributed by atoms with van der Waals surface area (Å²) in [7, 11) is 2.03. The van der Waals surface area contributed by atoms with Crippen molar-refractivity contribution >= 4 is 80.7 Å². The second-order valence-corrected chi connectivity index (χ2v) is 20.4. The molecule has 1 saturated heterocycles. The Bertz CT molecular complexity index is 2200. The van der Waals surface area contributed by atoms with E-state index < -0.39 is 114 Å². The fraction of sp³-hybridized carbons (Fsp3) is 0.578. The number of aliphatic imine (C=N–C) groups is 1. The molecule has 3 rings (SSSR count). The summed E-state index contributed by atoms with van der Waals surface area (Å²) in [6.07, 6.45) is 1.41. The summed E-state index contributed by atoms with van der Waals surface area (Å²) in [5.74, 6) is -8.74. The van der Waals surface area contributed by atoms with E-state index in [-0.39, 0.29) is 67.8 Å². The van der Waals surface area contributed by atoms with E-state index in [1.165, 1.54) is 50.6 Å². The van der Waals surface area contributed by atoms with Gasteiger partial charge in [0.05, 0.1) is 12.4 Å². The molecule has 0 aliphatic carbocycles. The van der Waals surface area contributed by atoms with Gasteiger partial charge in [-0.15, -0.1) is 0 Å². The number of rotatable bonds is 19. The molecule has 0 spiro atoms. The third-order valence-electron chi connectivity index (χ3n) is 11.3. The first-order chi connectivity index (χ1) is 34.0. The lowest BCUT2D eigenvalue weighted by molar-refractivity contribution is -0.137. The molecule has 2 aromatic rings. The highest BCUT2D eigenvalue weighted by Gasteiger charge is 2.38. The largest absolute Gasteiger partial charge is 0.508 e. The number of aromatic nitrogens is 2. The van der Waals surface area contributed by atoms with Crippen LogP contribution in [-0.2, 0) is 56.0 Å². The van der Waals surface area contributed by atoms with E-state index >= 15 is 0 Å². The molecular formula is C45H70N14O11S2. The molecule has 1 aliphatic rings. The van der Waals surface area contributed by atoms with Crippen LogP contribution in [-0.4, -0.2) is 152 Å². The molecule has 10 atom stereocenters. The maximum absolute atomic E-state index is 14.5. The van der Waals surface area contributed by atoms with Crippen LogP contribution in [0.5, 0.6) is 5.75 Å². The van der Waals surface area contributed by atoms with Crippen molar-refractivity contribution in [1.29, 1.82) is 0 Å². The monoisotopic (exact) mass is 1050 g/mol. The number of primary amides is 1. The molecular weight excluding hydrogens is 977 g/mol. The van der Waals surface area contributed by atoms with Gasteiger partial charge in [0, 0.05) is 49.7 Å². The van der Waals surface area contributed by atoms with Gasteiger partial charge in [0.2, 0.25) is 53.2 Å². The smallest absolute Gasteiger partial charge is 0.245 e. The minimum Gasteiger partial charge on any atom is -0.508 e. The van der Waals surface area contributed by atoms with Gasteiger partial charge >= 0.3 is 0 Å². The van der Waals surface area contributed by atoms with Crippen LogP contribution >= 0.6 is 21.6 Å². The average Bonchev–Trinajstić information content (AvgIpc) is 3.83. The number of aromatic amines is 1. The van der Waals surface area contributed by atoms with E-state index in [1.807, 2.05) is 13.8 Å². The highest BCUT2D eigenvalue weighted by atomic mass is 33.1. The Balaban J connectivity index is 2.11. The molecule has 9 amide bonds. The number of nitrogens with zero attached hydrogens (tertiary/aromatic N) is 2. The summed E-state index contributed by atoms with van der Waals surface area (Å²) >= 11 is 0. The molecule has 0 saturated carbocycles. The quantitative estimate of drug-likeness (QED) is 0.0293. The Morgan fingerprint density at radius 1 is 0.819 bits per heavy atom. The number of imidazole rings is 1. The molecule has 0 radical (unpaired) electrons. The van der Waals surface area contributed by atoms with Gasteiger partial charge in [-0.3, -0.25) is 48.1 Å². The van der Waals surface area contributed by atoms with Crippen molar-refractivity contribution in [2.45, 2.75) is 135 Å². The molecule has 25 nitrogen and oxygen atoms in total. The van der Waals surface area contributed by atoms with E-state index in [2.05, 4.69) is 57.5 Å². The maximum Gasteiger partial charge on any atom is 0.245 e. The molecule has 1 aromatic heterocycles. The summed E-state index contributed by atoms with van der Waals surface area (Å²) in [5, 5.41) is 41.6. The number of H-pyrrole nitrogens is 1. The zero-order valence-corrected chi connectivity index (χ0v) is 42.8. The average molecular weight is 1050 g/mol. The summed E-state index contributed by atoms with van der Waals surface area (Å²) in [4.78, 5) is 135. The van der Waals surface area contributed by atoms with Crippen molar-refractivity contribution < 1.29 is 53.4 Å². The number of benzene rings is 1. The molecule has 72 heavy (non-hydrogen) atoms. The maximum atomic E-state index is 14.5. The van der Waals surface area contributed by atoms with E-state index in [4.69, 9.17) is 17.2 Å². The number of phenolic OH excluding ortho intramolecular Hbond substituents is 1. The summed E-state index contributed by atoms with van der Waals surface area (Å²) in [6.45, 7) is 9.58. The van der Waals surface area contributed by atoms with Crippen LogP contribution in [0.25, 0.3) is 0 Å². The summed E-state index contributed by atoms with van der Waals surface area (Å²) in [6, 6.07) is -5.18. The van der Waals surface area contributed by atoms with Crippen LogP contribution in [0.1, 0.15) is 78.5 Å². The highest BCUT2D eigenvalue weighted by molar-refractivity contribution is 8.76. The van der Waals surface area contributed by atoms with E-state index in [0.717, 1.165) is 21.6 Å². The molecule has 398 valence electrons. The molecule has 2 unspecified atom stereocenters. The molecule has 2 heterocycles. The number of hydrogen-bond donors (Lipinski definition) is 14. The van der Waals surface area contributed by atoms with E-state index in [0.29, 0.717) is 17.7 Å². The molecule has 1 aliphatic heterocycles. The zero-order valence-electron chi connectivity index (χ0n) is 41.2. The number of aromatic hydroxyl groups is 1. The Morgan fingerprint density at radius 3 is 2.03 bits per heavy atom. The number of hydrogen-bond acceptors (Lipinski definition) is 15. The van der Waals surface area contributed by atoms with Gasteiger partial charge in [-0.25, -0.2) is 4.98 Å². The van der Waals surface area contributed by atoms with Crippen molar-refractivity contribution in [3.8, 4) is 5.75 Å². The van der Waals surface area contributed by atoms with Gasteiger partial charge < -0.3 is 74.9 Å². The standard InChI is InChI=1S/C45H70N14O11S2/c1-7-23(4)35-43(69)59-36(24(5)60)44(70)56-32(17-27-18-49-21-51-27)39(65)57-34(20-72-71-19-33(52-25(6)61)41(67)55-31(15-22(2)3)40(66)58-35)42(68)53-29(9-8-14-50-45(47)48)38(64)54-30(37(46)63)16-26-10-12-28(62)13-11-26/h10-13,18,21-24,29-36,60,62H,7-9,14-17,19-20H2,1-6H3,(H2,46,63)(H,49,51)(H,52,61)(H,53,68)(H,54,64)(H,55,67)(H,56,70)(H,57,65)(H,58,66)(H,59,69)(H4,47,48,50)/t23-,24+,29-,30-,31-,32-,33?,34-,35-,36?/m0/s1. The van der Waals surface area contributed by atoms with Crippen LogP contribution in [0.4, 0.5) is 0 Å². The zero-order chi connectivity index (χ0) is 53.7. The number of amides is 9. The van der Waals surface area contributed by atoms with Gasteiger partial charge in [0.1, 0.15) is 54.1 Å². The van der Waals surface area contributed by atoms with Crippen LogP contribution in [0.15, 0.2) is 41.8 Å². The van der Waals surface area contributed by atoms with E-state index in [1.54, 1.807) is 13.8 Å². The van der Waals surface area contributed by atoms with Gasteiger partial charge in [0.25, 0.3) is 0 Å². The van der Waals surface area contributed by atoms with Crippen LogP contribution < -0.4 is 59.7 Å². The number of carbonyl (C=O) groups excluding carboxylic acids is 9. The first kappa shape index (κ1) is 59.7. The number of phenols is 1. The van der Waals surface area contributed by atoms with Crippen molar-refractivity contribution in [2.75, 3.05) is 18.1 Å². The predicted octanol–water partition coefficient (Wildman–Crippen LogP) is -2.79. The van der Waals surface area contributed by atoms with Crippen LogP contribution in [0.3, 0.4) is 0 Å². The van der Waals surface area contributed by atoms with Crippen LogP contribution in [0.2, 0.25) is 0 Å². The minimum absolute atomic E-state index is 0.0302. The van der Waals surface area contributed by atoms with Gasteiger partial charge in [-0.05, 0) is 55.7 Å². The highest BCUT2D eigenvalue weighted by Crippen LogP contribution is 2.24. The first-order valence-electron chi connectivity index (χ1n) is 23.4. The fourth-order valence-corrected chi connectivity index (χ4v) is 9.52. The number of aliphatic hydroxyl groups is 1. The topological polar surface area (TPSA) is 409 Å². The van der Waals surface area contributed by atoms with E-state index in [9.17, 15) is 53.4 Å². The van der Waals surface area contributed by atoms with Crippen molar-refractivity contribution in [3.05, 3.63) is 48.0 Å². The molecule has 1 aromatic carbocycles. The number of nitrogens with one attached hydrogen (secondary N) is 9. The number of carbonyl (C=O) groups is 9. The summed E-state index contributed by atoms with van der Waals surface area (Å²) < 4.78 is 0. The lowest BCUT2D eigenvalue weighted by atomic mass is 9.96.